The Morgan fingerprint density at radius 1 is 1.16 bits per heavy atom. The number of nitro groups is 1. The molecule has 0 bridgehead atoms. The van der Waals surface area contributed by atoms with Crippen molar-refractivity contribution in [3.63, 3.8) is 0 Å². The topological polar surface area (TPSA) is 114 Å². The van der Waals surface area contributed by atoms with Gasteiger partial charge in [-0.2, -0.15) is 5.10 Å². The number of amides is 1. The van der Waals surface area contributed by atoms with Crippen LogP contribution in [0.4, 0.5) is 5.69 Å². The van der Waals surface area contributed by atoms with Gasteiger partial charge in [-0.25, -0.2) is 5.43 Å². The summed E-state index contributed by atoms with van der Waals surface area (Å²) in [5, 5.41) is 25.5. The zero-order valence-electron chi connectivity index (χ0n) is 16.2. The lowest BCUT2D eigenvalue weighted by molar-refractivity contribution is -0.385. The number of phenols is 1. The zero-order valence-corrected chi connectivity index (χ0v) is 17.0. The Kier molecular flexibility index (Phi) is 7.18. The summed E-state index contributed by atoms with van der Waals surface area (Å²) in [5.74, 6) is -0.630. The van der Waals surface area contributed by atoms with E-state index in [9.17, 15) is 20.0 Å². The minimum Gasteiger partial charge on any atom is -0.507 e. The number of carbonyl (C=O) groups is 1. The van der Waals surface area contributed by atoms with Gasteiger partial charge in [0.25, 0.3) is 5.91 Å². The normalized spacial score (nSPS) is 10.7. The number of halogens is 1. The number of benzene rings is 3. The first kappa shape index (κ1) is 21.8. The maximum absolute atomic E-state index is 11.9. The van der Waals surface area contributed by atoms with Crippen molar-refractivity contribution in [1.82, 2.24) is 5.43 Å². The maximum atomic E-state index is 11.9. The average Bonchev–Trinajstić information content (AvgIpc) is 2.76. The van der Waals surface area contributed by atoms with Gasteiger partial charge in [-0.1, -0.05) is 48.0 Å². The van der Waals surface area contributed by atoms with Crippen molar-refractivity contribution in [2.45, 2.75) is 6.42 Å². The Bertz CT molecular complexity index is 1130. The lowest BCUT2D eigenvalue weighted by Gasteiger charge is -2.07. The van der Waals surface area contributed by atoms with E-state index in [0.29, 0.717) is 17.0 Å². The van der Waals surface area contributed by atoms with Crippen molar-refractivity contribution in [3.8, 4) is 11.5 Å². The van der Waals surface area contributed by atoms with Crippen LogP contribution in [-0.4, -0.2) is 28.8 Å². The van der Waals surface area contributed by atoms with E-state index in [1.54, 1.807) is 24.3 Å². The number of nitro benzene ring substituents is 1. The molecule has 3 rings (SSSR count). The predicted octanol–water partition coefficient (Wildman–Crippen LogP) is 4.07. The van der Waals surface area contributed by atoms with E-state index < -0.39 is 17.4 Å². The Balaban J connectivity index is 1.60. The van der Waals surface area contributed by atoms with Crippen molar-refractivity contribution in [2.75, 3.05) is 6.61 Å². The molecular weight excluding hydrogens is 422 g/mol. The highest BCUT2D eigenvalue weighted by molar-refractivity contribution is 6.31. The number of hydrazone groups is 1. The number of aromatic hydroxyl groups is 1. The molecule has 3 aromatic carbocycles. The molecule has 0 aliphatic rings. The Morgan fingerprint density at radius 3 is 2.68 bits per heavy atom. The fraction of sp³-hybridized carbons (Fsp3) is 0.0909. The number of phenolic OH excluding ortho intramolecular Hbond substituents is 1. The summed E-state index contributed by atoms with van der Waals surface area (Å²) >= 11 is 6.19. The van der Waals surface area contributed by atoms with E-state index in [2.05, 4.69) is 10.5 Å². The molecule has 2 N–H and O–H groups in total. The number of nitrogens with zero attached hydrogens (tertiary/aromatic N) is 2. The third-order valence-electron chi connectivity index (χ3n) is 4.26. The number of rotatable bonds is 8. The molecule has 0 heterocycles. The van der Waals surface area contributed by atoms with Gasteiger partial charge in [0.1, 0.15) is 5.75 Å². The van der Waals surface area contributed by atoms with Gasteiger partial charge >= 0.3 is 5.69 Å². The van der Waals surface area contributed by atoms with Crippen LogP contribution in [0.1, 0.15) is 16.7 Å². The van der Waals surface area contributed by atoms with Crippen LogP contribution in [0.3, 0.4) is 0 Å². The number of ether oxygens (including phenoxy) is 1. The van der Waals surface area contributed by atoms with Gasteiger partial charge in [0.2, 0.25) is 0 Å². The molecule has 158 valence electrons. The van der Waals surface area contributed by atoms with Crippen molar-refractivity contribution >= 4 is 29.4 Å². The second-order valence-electron chi connectivity index (χ2n) is 6.47. The van der Waals surface area contributed by atoms with Crippen LogP contribution in [0, 0.1) is 10.1 Å². The first-order valence-electron chi connectivity index (χ1n) is 9.17. The van der Waals surface area contributed by atoms with E-state index in [-0.39, 0.29) is 17.2 Å². The fourth-order valence-electron chi connectivity index (χ4n) is 2.76. The molecule has 0 fully saturated rings. The number of nitrogens with one attached hydrogen (secondary N) is 1. The molecule has 0 saturated carbocycles. The van der Waals surface area contributed by atoms with E-state index in [0.717, 1.165) is 11.1 Å². The molecule has 0 unspecified atom stereocenters. The molecule has 9 heteroatoms. The van der Waals surface area contributed by atoms with Crippen molar-refractivity contribution in [3.05, 3.63) is 98.6 Å². The number of carbonyl (C=O) groups excluding carboxylic acids is 1. The van der Waals surface area contributed by atoms with Gasteiger partial charge in [-0.3, -0.25) is 14.9 Å². The molecule has 0 spiro atoms. The zero-order chi connectivity index (χ0) is 22.2. The van der Waals surface area contributed by atoms with Gasteiger partial charge in [0, 0.05) is 16.7 Å². The number of hydrogen-bond donors (Lipinski definition) is 2. The number of para-hydroxylation sites is 2. The first-order valence-corrected chi connectivity index (χ1v) is 9.55. The Morgan fingerprint density at radius 2 is 1.90 bits per heavy atom. The van der Waals surface area contributed by atoms with Crippen LogP contribution in [0.5, 0.6) is 11.5 Å². The van der Waals surface area contributed by atoms with Crippen molar-refractivity contribution in [2.24, 2.45) is 5.10 Å². The highest BCUT2D eigenvalue weighted by atomic mass is 35.5. The lowest BCUT2D eigenvalue weighted by Crippen LogP contribution is -2.24. The smallest absolute Gasteiger partial charge is 0.310 e. The predicted molar refractivity (Wildman–Crippen MR) is 117 cm³/mol. The second kappa shape index (κ2) is 10.2. The summed E-state index contributed by atoms with van der Waals surface area (Å²) in [6, 6.07) is 18.3. The van der Waals surface area contributed by atoms with Crippen molar-refractivity contribution < 1.29 is 19.6 Å². The van der Waals surface area contributed by atoms with Gasteiger partial charge in [0.15, 0.2) is 12.4 Å². The summed E-state index contributed by atoms with van der Waals surface area (Å²) in [5.41, 5.74) is 4.27. The Labute approximate surface area is 182 Å². The van der Waals surface area contributed by atoms with Gasteiger partial charge in [-0.05, 0) is 41.8 Å². The van der Waals surface area contributed by atoms with E-state index >= 15 is 0 Å². The molecule has 31 heavy (non-hydrogen) atoms. The summed E-state index contributed by atoms with van der Waals surface area (Å²) in [7, 11) is 0. The third-order valence-corrected chi connectivity index (χ3v) is 4.63. The molecule has 8 nitrogen and oxygen atoms in total. The van der Waals surface area contributed by atoms with Crippen LogP contribution in [0.15, 0.2) is 71.8 Å². The molecule has 0 aliphatic heterocycles. The van der Waals surface area contributed by atoms with E-state index in [4.69, 9.17) is 16.3 Å². The molecule has 0 saturated heterocycles. The molecule has 0 atom stereocenters. The minimum absolute atomic E-state index is 0.00271. The molecule has 3 aromatic rings. The SMILES string of the molecule is O=C(COc1ccccc1[N+](=O)[O-])NN=Cc1cc(Cc2ccccc2Cl)ccc1O. The van der Waals surface area contributed by atoms with Crippen molar-refractivity contribution in [1.29, 1.82) is 0 Å². The summed E-state index contributed by atoms with van der Waals surface area (Å²) in [6.45, 7) is -0.458. The summed E-state index contributed by atoms with van der Waals surface area (Å²) in [4.78, 5) is 22.3. The number of hydrogen-bond acceptors (Lipinski definition) is 6. The monoisotopic (exact) mass is 439 g/mol. The molecule has 0 radical (unpaired) electrons. The molecule has 0 aromatic heterocycles. The highest BCUT2D eigenvalue weighted by Crippen LogP contribution is 2.25. The second-order valence-corrected chi connectivity index (χ2v) is 6.88. The fourth-order valence-corrected chi connectivity index (χ4v) is 2.96. The molecule has 1 amide bonds. The average molecular weight is 440 g/mol. The largest absolute Gasteiger partial charge is 0.507 e. The van der Waals surface area contributed by atoms with E-state index in [1.165, 1.54) is 30.5 Å². The standard InChI is InChI=1S/C22H18ClN3O5/c23-18-6-2-1-5-16(18)11-15-9-10-20(27)17(12-15)13-24-25-22(28)14-31-21-8-4-3-7-19(21)26(29)30/h1-10,12-13,27H,11,14H2,(H,25,28). The lowest BCUT2D eigenvalue weighted by atomic mass is 10.0. The molecular formula is C22H18ClN3O5. The van der Waals surface area contributed by atoms with Gasteiger partial charge < -0.3 is 9.84 Å². The van der Waals surface area contributed by atoms with Gasteiger partial charge in [0.05, 0.1) is 11.1 Å². The van der Waals surface area contributed by atoms with Crippen LogP contribution in [0.25, 0.3) is 0 Å². The quantitative estimate of drug-likeness (QED) is 0.312. The highest BCUT2D eigenvalue weighted by Gasteiger charge is 2.14. The van der Waals surface area contributed by atoms with Crippen LogP contribution >= 0.6 is 11.6 Å². The summed E-state index contributed by atoms with van der Waals surface area (Å²) < 4.78 is 5.19. The summed E-state index contributed by atoms with van der Waals surface area (Å²) in [6.07, 6.45) is 1.87. The van der Waals surface area contributed by atoms with Crippen LogP contribution in [0.2, 0.25) is 5.02 Å². The Hall–Kier alpha value is -3.91. The first-order chi connectivity index (χ1) is 14.9. The van der Waals surface area contributed by atoms with Crippen LogP contribution < -0.4 is 10.2 Å². The molecule has 0 aliphatic carbocycles. The van der Waals surface area contributed by atoms with Gasteiger partial charge in [-0.15, -0.1) is 0 Å². The van der Waals surface area contributed by atoms with E-state index in [1.807, 2.05) is 18.2 Å². The minimum atomic E-state index is -0.610. The third kappa shape index (κ3) is 6.03. The maximum Gasteiger partial charge on any atom is 0.310 e. The van der Waals surface area contributed by atoms with Crippen LogP contribution in [-0.2, 0) is 11.2 Å².